The molecule has 1 amide bonds. The highest BCUT2D eigenvalue weighted by Crippen LogP contribution is 2.23. The van der Waals surface area contributed by atoms with E-state index in [2.05, 4.69) is 21.2 Å². The van der Waals surface area contributed by atoms with Gasteiger partial charge in [-0.25, -0.2) is 0 Å². The summed E-state index contributed by atoms with van der Waals surface area (Å²) >= 11 is 9.37. The van der Waals surface area contributed by atoms with Gasteiger partial charge in [0.15, 0.2) is 0 Å². The van der Waals surface area contributed by atoms with Gasteiger partial charge >= 0.3 is 0 Å². The minimum absolute atomic E-state index is 0.172. The first kappa shape index (κ1) is 14.8. The van der Waals surface area contributed by atoms with Gasteiger partial charge in [-0.05, 0) is 31.0 Å². The van der Waals surface area contributed by atoms with Crippen LogP contribution in [0.25, 0.3) is 0 Å². The van der Waals surface area contributed by atoms with E-state index in [9.17, 15) is 9.90 Å². The molecule has 0 saturated heterocycles. The van der Waals surface area contributed by atoms with Crippen LogP contribution in [-0.4, -0.2) is 23.2 Å². The molecule has 1 aromatic rings. The zero-order valence-corrected chi connectivity index (χ0v) is 12.9. The van der Waals surface area contributed by atoms with Crippen molar-refractivity contribution in [2.24, 2.45) is 0 Å². The Bertz CT molecular complexity index is 467. The van der Waals surface area contributed by atoms with Gasteiger partial charge in [-0.1, -0.05) is 46.8 Å². The highest BCUT2D eigenvalue weighted by molar-refractivity contribution is 9.10. The van der Waals surface area contributed by atoms with E-state index in [1.807, 2.05) is 0 Å². The summed E-state index contributed by atoms with van der Waals surface area (Å²) < 4.78 is 0.837. The van der Waals surface area contributed by atoms with Crippen molar-refractivity contribution in [1.82, 2.24) is 5.32 Å². The number of amides is 1. The molecule has 2 rings (SSSR count). The third-order valence-corrected chi connectivity index (χ3v) is 4.28. The van der Waals surface area contributed by atoms with Gasteiger partial charge in [0.2, 0.25) is 0 Å². The van der Waals surface area contributed by atoms with Gasteiger partial charge in [-0.3, -0.25) is 4.79 Å². The minimum atomic E-state index is -0.458. The lowest BCUT2D eigenvalue weighted by Gasteiger charge is -2.22. The highest BCUT2D eigenvalue weighted by Gasteiger charge is 2.24. The fourth-order valence-electron chi connectivity index (χ4n) is 2.38. The fourth-order valence-corrected chi connectivity index (χ4v) is 3.14. The lowest BCUT2D eigenvalue weighted by atomic mass is 10.1. The van der Waals surface area contributed by atoms with Crippen molar-refractivity contribution in [3.05, 3.63) is 33.3 Å². The lowest BCUT2D eigenvalue weighted by Crippen LogP contribution is -2.42. The van der Waals surface area contributed by atoms with Crippen molar-refractivity contribution in [2.75, 3.05) is 0 Å². The maximum atomic E-state index is 12.2. The van der Waals surface area contributed by atoms with E-state index in [0.29, 0.717) is 10.6 Å². The van der Waals surface area contributed by atoms with E-state index in [1.54, 1.807) is 18.2 Å². The summed E-state index contributed by atoms with van der Waals surface area (Å²) in [6, 6.07) is 4.99. The highest BCUT2D eigenvalue weighted by atomic mass is 79.9. The van der Waals surface area contributed by atoms with Crippen molar-refractivity contribution in [3.63, 3.8) is 0 Å². The van der Waals surface area contributed by atoms with E-state index in [1.165, 1.54) is 0 Å². The number of halogens is 2. The molecule has 1 saturated carbocycles. The van der Waals surface area contributed by atoms with E-state index >= 15 is 0 Å². The molecule has 5 heteroatoms. The Morgan fingerprint density at radius 2 is 2.05 bits per heavy atom. The zero-order chi connectivity index (χ0) is 13.8. The standard InChI is InChI=1S/C14H17BrClNO2/c15-9-6-7-10(11(16)8-9)14(19)17-12-4-2-1-3-5-13(12)18/h6-8,12-13,18H,1-5H2,(H,17,19). The summed E-state index contributed by atoms with van der Waals surface area (Å²) in [5, 5.41) is 13.3. The maximum Gasteiger partial charge on any atom is 0.253 e. The molecule has 1 aliphatic rings. The number of hydrogen-bond donors (Lipinski definition) is 2. The van der Waals surface area contributed by atoms with Gasteiger partial charge in [-0.2, -0.15) is 0 Å². The topological polar surface area (TPSA) is 49.3 Å². The Morgan fingerprint density at radius 3 is 2.79 bits per heavy atom. The predicted octanol–water partition coefficient (Wildman–Crippen LogP) is 3.53. The smallest absolute Gasteiger partial charge is 0.253 e. The molecule has 0 aromatic heterocycles. The predicted molar refractivity (Wildman–Crippen MR) is 79.5 cm³/mol. The second kappa shape index (κ2) is 6.73. The molecule has 0 radical (unpaired) electrons. The Balaban J connectivity index is 2.07. The van der Waals surface area contributed by atoms with Crippen molar-refractivity contribution < 1.29 is 9.90 Å². The monoisotopic (exact) mass is 345 g/mol. The van der Waals surface area contributed by atoms with Gasteiger partial charge in [0.1, 0.15) is 0 Å². The second-order valence-corrected chi connectivity index (χ2v) is 6.23. The largest absolute Gasteiger partial charge is 0.391 e. The van der Waals surface area contributed by atoms with Gasteiger partial charge < -0.3 is 10.4 Å². The first-order valence-electron chi connectivity index (χ1n) is 6.52. The van der Waals surface area contributed by atoms with Gasteiger partial charge in [0, 0.05) is 4.47 Å². The Hall–Kier alpha value is -0.580. The molecule has 104 valence electrons. The molecular weight excluding hydrogens is 330 g/mol. The third kappa shape index (κ3) is 3.94. The number of carbonyl (C=O) groups is 1. The summed E-state index contributed by atoms with van der Waals surface area (Å²) in [5.41, 5.74) is 0.446. The number of rotatable bonds is 2. The van der Waals surface area contributed by atoms with Crippen molar-refractivity contribution >= 4 is 33.4 Å². The molecule has 0 heterocycles. The molecule has 2 atom stereocenters. The summed E-state index contributed by atoms with van der Waals surface area (Å²) in [7, 11) is 0. The lowest BCUT2D eigenvalue weighted by molar-refractivity contribution is 0.0819. The Morgan fingerprint density at radius 1 is 1.32 bits per heavy atom. The molecule has 1 aliphatic carbocycles. The van der Waals surface area contributed by atoms with Crippen molar-refractivity contribution in [2.45, 2.75) is 44.2 Å². The Labute approximate surface area is 126 Å². The number of aliphatic hydroxyl groups excluding tert-OH is 1. The summed E-state index contributed by atoms with van der Waals surface area (Å²) in [6.07, 6.45) is 4.28. The van der Waals surface area contributed by atoms with Crippen LogP contribution in [0.5, 0.6) is 0 Å². The number of hydrogen-bond acceptors (Lipinski definition) is 2. The summed E-state index contributed by atoms with van der Waals surface area (Å²) in [4.78, 5) is 12.2. The average molecular weight is 347 g/mol. The third-order valence-electron chi connectivity index (χ3n) is 3.47. The van der Waals surface area contributed by atoms with Crippen LogP contribution >= 0.6 is 27.5 Å². The number of nitrogens with one attached hydrogen (secondary N) is 1. The van der Waals surface area contributed by atoms with E-state index in [-0.39, 0.29) is 11.9 Å². The van der Waals surface area contributed by atoms with Gasteiger partial charge in [0.05, 0.1) is 22.7 Å². The van der Waals surface area contributed by atoms with Gasteiger partial charge in [-0.15, -0.1) is 0 Å². The SMILES string of the molecule is O=C(NC1CCCCCC1O)c1ccc(Br)cc1Cl. The first-order valence-corrected chi connectivity index (χ1v) is 7.69. The average Bonchev–Trinajstić information content (AvgIpc) is 2.55. The minimum Gasteiger partial charge on any atom is -0.391 e. The molecular formula is C14H17BrClNO2. The van der Waals surface area contributed by atoms with Crippen LogP contribution in [-0.2, 0) is 0 Å². The van der Waals surface area contributed by atoms with E-state index in [0.717, 1.165) is 36.6 Å². The molecule has 0 bridgehead atoms. The maximum absolute atomic E-state index is 12.2. The second-order valence-electron chi connectivity index (χ2n) is 4.91. The molecule has 0 aliphatic heterocycles. The molecule has 19 heavy (non-hydrogen) atoms. The molecule has 0 spiro atoms. The zero-order valence-electron chi connectivity index (χ0n) is 10.5. The fraction of sp³-hybridized carbons (Fsp3) is 0.500. The molecule has 1 aromatic carbocycles. The van der Waals surface area contributed by atoms with Crippen LogP contribution < -0.4 is 5.32 Å². The van der Waals surface area contributed by atoms with E-state index < -0.39 is 6.10 Å². The van der Waals surface area contributed by atoms with Crippen LogP contribution in [0.1, 0.15) is 42.5 Å². The van der Waals surface area contributed by atoms with Crippen molar-refractivity contribution in [3.8, 4) is 0 Å². The van der Waals surface area contributed by atoms with Crippen LogP contribution in [0.15, 0.2) is 22.7 Å². The number of carbonyl (C=O) groups excluding carboxylic acids is 1. The molecule has 2 N–H and O–H groups in total. The van der Waals surface area contributed by atoms with E-state index in [4.69, 9.17) is 11.6 Å². The number of benzene rings is 1. The van der Waals surface area contributed by atoms with Gasteiger partial charge in [0.25, 0.3) is 5.91 Å². The Kier molecular flexibility index (Phi) is 5.25. The first-order chi connectivity index (χ1) is 9.08. The van der Waals surface area contributed by atoms with Crippen LogP contribution in [0.2, 0.25) is 5.02 Å². The van der Waals surface area contributed by atoms with Crippen molar-refractivity contribution in [1.29, 1.82) is 0 Å². The van der Waals surface area contributed by atoms with Crippen LogP contribution in [0.4, 0.5) is 0 Å². The summed E-state index contributed by atoms with van der Waals surface area (Å²) in [6.45, 7) is 0. The molecule has 1 fully saturated rings. The quantitative estimate of drug-likeness (QED) is 0.805. The van der Waals surface area contributed by atoms with Crippen LogP contribution in [0.3, 0.4) is 0 Å². The number of aliphatic hydroxyl groups is 1. The molecule has 3 nitrogen and oxygen atoms in total. The molecule has 2 unspecified atom stereocenters. The summed E-state index contributed by atoms with van der Waals surface area (Å²) in [5.74, 6) is -0.219. The van der Waals surface area contributed by atoms with Crippen LogP contribution in [0, 0.1) is 0 Å². The normalized spacial score (nSPS) is 23.7.